The third kappa shape index (κ3) is 6.29. The minimum Gasteiger partial charge on any atom is -1.00 e. The fourth-order valence-electron chi connectivity index (χ4n) is 3.87. The van der Waals surface area contributed by atoms with Crippen molar-refractivity contribution >= 4 is 5.78 Å². The fraction of sp³-hybridized carbons (Fsp3) is 0.409. The Bertz CT molecular complexity index is 692. The first kappa shape index (κ1) is 24.6. The predicted octanol–water partition coefficient (Wildman–Crippen LogP) is -5.56. The smallest absolute Gasteiger partial charge is 0.219 e. The van der Waals surface area contributed by atoms with E-state index in [-0.39, 0.29) is 42.7 Å². The number of halogens is 2. The van der Waals surface area contributed by atoms with Gasteiger partial charge in [0.25, 0.3) is 0 Å². The molecule has 2 unspecified atom stereocenters. The number of hydrogen-bond acceptors (Lipinski definition) is 2. The van der Waals surface area contributed by atoms with Gasteiger partial charge in [0.1, 0.15) is 44.9 Å². The van der Waals surface area contributed by atoms with Crippen LogP contribution in [-0.2, 0) is 4.74 Å². The van der Waals surface area contributed by atoms with Crippen LogP contribution < -0.4 is 34.6 Å². The van der Waals surface area contributed by atoms with E-state index in [2.05, 4.69) is 31.2 Å². The number of quaternary nitrogens is 2. The Labute approximate surface area is 180 Å². The maximum Gasteiger partial charge on any atom is 0.219 e. The largest absolute Gasteiger partial charge is 1.00 e. The van der Waals surface area contributed by atoms with Crippen molar-refractivity contribution < 1.29 is 44.1 Å². The van der Waals surface area contributed by atoms with Gasteiger partial charge in [-0.05, 0) is 12.5 Å². The van der Waals surface area contributed by atoms with Crippen LogP contribution >= 0.6 is 0 Å². The normalized spacial score (nSPS) is 20.9. The van der Waals surface area contributed by atoms with Crippen molar-refractivity contribution in [2.24, 2.45) is 0 Å². The van der Waals surface area contributed by atoms with Gasteiger partial charge in [-0.25, -0.2) is 0 Å². The van der Waals surface area contributed by atoms with Crippen molar-refractivity contribution in [3.8, 4) is 0 Å². The molecule has 0 aromatic heterocycles. The van der Waals surface area contributed by atoms with E-state index in [1.54, 1.807) is 12.0 Å². The lowest BCUT2D eigenvalue weighted by molar-refractivity contribution is -1.02. The maximum absolute atomic E-state index is 12.7. The number of carbonyl (C=O) groups is 1. The molecule has 2 atom stereocenters. The summed E-state index contributed by atoms with van der Waals surface area (Å²) in [5, 5.41) is 0. The van der Waals surface area contributed by atoms with E-state index >= 15 is 0 Å². The van der Waals surface area contributed by atoms with Crippen molar-refractivity contribution in [1.29, 1.82) is 0 Å². The summed E-state index contributed by atoms with van der Waals surface area (Å²) in [7, 11) is 1.79. The minimum atomic E-state index is 0. The highest BCUT2D eigenvalue weighted by molar-refractivity contribution is 5.98. The van der Waals surface area contributed by atoms with E-state index in [4.69, 9.17) is 4.74 Å². The predicted molar refractivity (Wildman–Crippen MR) is 103 cm³/mol. The summed E-state index contributed by atoms with van der Waals surface area (Å²) in [5.41, 5.74) is 2.07. The van der Waals surface area contributed by atoms with E-state index in [9.17, 15) is 4.79 Å². The summed E-state index contributed by atoms with van der Waals surface area (Å²) in [6.45, 7) is 7.26. The Morgan fingerprint density at radius 2 is 1.46 bits per heavy atom. The average Bonchev–Trinajstić information content (AvgIpc) is 2.72. The quantitative estimate of drug-likeness (QED) is 0.435. The molecule has 1 saturated heterocycles. The fourth-order valence-corrected chi connectivity index (χ4v) is 3.87. The molecular formula is C22H30Cl2N2O2. The lowest BCUT2D eigenvalue weighted by atomic mass is 10.0. The molecule has 0 radical (unpaired) electrons. The number of ether oxygens (including phenoxy) is 1. The Hall–Kier alpha value is -1.43. The molecule has 0 spiro atoms. The topological polar surface area (TPSA) is 35.2 Å². The molecule has 0 amide bonds. The molecule has 1 aliphatic heterocycles. The Kier molecular flexibility index (Phi) is 10.7. The lowest BCUT2D eigenvalue weighted by Crippen LogP contribution is -3.30. The second-order valence-electron chi connectivity index (χ2n) is 7.20. The molecule has 154 valence electrons. The molecule has 2 aromatic rings. The molecule has 0 saturated carbocycles. The monoisotopic (exact) mass is 424 g/mol. The number of methoxy groups -OCH3 is 1. The van der Waals surface area contributed by atoms with Crippen LogP contribution in [0, 0.1) is 0 Å². The Morgan fingerprint density at radius 1 is 0.929 bits per heavy atom. The van der Waals surface area contributed by atoms with Crippen LogP contribution in [0.4, 0.5) is 0 Å². The molecular weight excluding hydrogens is 395 g/mol. The van der Waals surface area contributed by atoms with E-state index in [0.717, 1.165) is 38.3 Å². The van der Waals surface area contributed by atoms with Gasteiger partial charge in [-0.3, -0.25) is 4.79 Å². The van der Waals surface area contributed by atoms with Crippen LogP contribution in [0.25, 0.3) is 0 Å². The SMILES string of the molecule is COC(C[NH+]1CC[NH+](C(C)C(=O)c2ccccc2)CC1)c1ccccc1.[Cl-].[Cl-]. The van der Waals surface area contributed by atoms with E-state index in [1.807, 2.05) is 36.4 Å². The zero-order valence-electron chi connectivity index (χ0n) is 16.5. The van der Waals surface area contributed by atoms with Crippen molar-refractivity contribution in [2.75, 3.05) is 39.8 Å². The van der Waals surface area contributed by atoms with E-state index in [1.165, 1.54) is 10.5 Å². The summed E-state index contributed by atoms with van der Waals surface area (Å²) in [6.07, 6.45) is 0.135. The number of hydrogen-bond donors (Lipinski definition) is 2. The number of piperazine rings is 1. The molecule has 2 aromatic carbocycles. The summed E-state index contributed by atoms with van der Waals surface area (Å²) >= 11 is 0. The highest BCUT2D eigenvalue weighted by Crippen LogP contribution is 2.13. The Morgan fingerprint density at radius 3 is 2.00 bits per heavy atom. The number of ketones is 1. The average molecular weight is 425 g/mol. The standard InChI is InChI=1S/C22H28N2O2.2ClH/c1-18(22(25)20-11-7-4-8-12-20)24-15-13-23(14-16-24)17-21(26-2)19-9-5-3-6-10-19;;/h3-12,18,21H,13-17H2,1-2H3;2*1H. The minimum absolute atomic E-state index is 0. The second-order valence-corrected chi connectivity index (χ2v) is 7.20. The number of nitrogens with one attached hydrogen (secondary N) is 2. The molecule has 28 heavy (non-hydrogen) atoms. The third-order valence-electron chi connectivity index (χ3n) is 5.59. The summed E-state index contributed by atoms with van der Waals surface area (Å²) in [4.78, 5) is 15.6. The van der Waals surface area contributed by atoms with Gasteiger partial charge in [0.2, 0.25) is 5.78 Å². The van der Waals surface area contributed by atoms with Gasteiger partial charge < -0.3 is 39.4 Å². The van der Waals surface area contributed by atoms with Crippen molar-refractivity contribution in [3.05, 3.63) is 71.8 Å². The van der Waals surface area contributed by atoms with Gasteiger partial charge in [0, 0.05) is 12.7 Å². The number of carbonyl (C=O) groups excluding carboxylic acids is 1. The summed E-state index contributed by atoms with van der Waals surface area (Å²) in [6, 6.07) is 20.1. The maximum atomic E-state index is 12.7. The number of Topliss-reactive ketones (excluding diaryl/α,β-unsaturated/α-hetero) is 1. The van der Waals surface area contributed by atoms with Gasteiger partial charge in [-0.2, -0.15) is 0 Å². The summed E-state index contributed by atoms with van der Waals surface area (Å²) in [5.74, 6) is 0.253. The van der Waals surface area contributed by atoms with Crippen LogP contribution in [0.1, 0.15) is 28.9 Å². The van der Waals surface area contributed by atoms with Crippen molar-refractivity contribution in [2.45, 2.75) is 19.1 Å². The van der Waals surface area contributed by atoms with Crippen molar-refractivity contribution in [3.63, 3.8) is 0 Å². The Balaban J connectivity index is 0.00000196. The first-order valence-corrected chi connectivity index (χ1v) is 9.54. The molecule has 0 bridgehead atoms. The van der Waals surface area contributed by atoms with Crippen LogP contribution in [0.15, 0.2) is 60.7 Å². The van der Waals surface area contributed by atoms with Gasteiger partial charge in [-0.15, -0.1) is 0 Å². The van der Waals surface area contributed by atoms with Gasteiger partial charge in [-0.1, -0.05) is 60.7 Å². The molecule has 0 aliphatic carbocycles. The number of rotatable bonds is 7. The summed E-state index contributed by atoms with van der Waals surface area (Å²) < 4.78 is 5.73. The molecule has 1 aliphatic rings. The molecule has 1 heterocycles. The van der Waals surface area contributed by atoms with E-state index in [0.29, 0.717) is 0 Å². The second kappa shape index (κ2) is 12.2. The first-order chi connectivity index (χ1) is 12.7. The van der Waals surface area contributed by atoms with Gasteiger partial charge in [0.15, 0.2) is 0 Å². The molecule has 1 fully saturated rings. The highest BCUT2D eigenvalue weighted by Gasteiger charge is 2.32. The van der Waals surface area contributed by atoms with Crippen LogP contribution in [-0.4, -0.2) is 51.7 Å². The highest BCUT2D eigenvalue weighted by atomic mass is 35.5. The van der Waals surface area contributed by atoms with Crippen LogP contribution in [0.5, 0.6) is 0 Å². The third-order valence-corrected chi connectivity index (χ3v) is 5.59. The molecule has 3 rings (SSSR count). The zero-order valence-corrected chi connectivity index (χ0v) is 18.0. The van der Waals surface area contributed by atoms with Gasteiger partial charge >= 0.3 is 0 Å². The van der Waals surface area contributed by atoms with E-state index < -0.39 is 0 Å². The molecule has 6 heteroatoms. The zero-order chi connectivity index (χ0) is 18.4. The number of benzene rings is 2. The van der Waals surface area contributed by atoms with Crippen molar-refractivity contribution in [1.82, 2.24) is 0 Å². The molecule has 2 N–H and O–H groups in total. The molecule has 4 nitrogen and oxygen atoms in total. The first-order valence-electron chi connectivity index (χ1n) is 9.54. The van der Waals surface area contributed by atoms with Crippen LogP contribution in [0.3, 0.4) is 0 Å². The van der Waals surface area contributed by atoms with Gasteiger partial charge in [0.05, 0.1) is 0 Å². The lowest BCUT2D eigenvalue weighted by Gasteiger charge is -2.34. The van der Waals surface area contributed by atoms with Crippen LogP contribution in [0.2, 0.25) is 0 Å².